The van der Waals surface area contributed by atoms with Crippen LogP contribution in [0.25, 0.3) is 0 Å². The number of methoxy groups -OCH3 is 1. The Morgan fingerprint density at radius 3 is 2.40 bits per heavy atom. The maximum Gasteiger partial charge on any atom is 0.337 e. The molecule has 3 nitrogen and oxygen atoms in total. The van der Waals surface area contributed by atoms with Crippen molar-refractivity contribution in [2.24, 2.45) is 0 Å². The van der Waals surface area contributed by atoms with E-state index in [0.717, 1.165) is 10.0 Å². The van der Waals surface area contributed by atoms with Crippen molar-refractivity contribution in [3.63, 3.8) is 0 Å². The highest BCUT2D eigenvalue weighted by Gasteiger charge is 2.37. The Morgan fingerprint density at radius 1 is 1.30 bits per heavy atom. The molecule has 0 heterocycles. The minimum atomic E-state index is -1.80. The zero-order valence-corrected chi connectivity index (χ0v) is 15.6. The number of hydrogen-bond donors (Lipinski definition) is 0. The van der Waals surface area contributed by atoms with Gasteiger partial charge in [0.05, 0.1) is 19.3 Å². The number of carbonyl (C=O) groups is 1. The standard InChI is InChI=1S/C15H23BrO3Si/c1-15(2,3)20(5,6)19-10-12-9-11(14(17)18-4)7-8-13(12)16/h7-9H,10H2,1-6H3. The number of esters is 1. The monoisotopic (exact) mass is 358 g/mol. The quantitative estimate of drug-likeness (QED) is 0.574. The van der Waals surface area contributed by atoms with Gasteiger partial charge in [0.25, 0.3) is 0 Å². The molecule has 0 aliphatic heterocycles. The molecule has 0 aliphatic carbocycles. The average Bonchev–Trinajstić information content (AvgIpc) is 2.35. The van der Waals surface area contributed by atoms with Crippen LogP contribution in [-0.4, -0.2) is 21.4 Å². The fourth-order valence-corrected chi connectivity index (χ4v) is 2.72. The van der Waals surface area contributed by atoms with Gasteiger partial charge in [-0.1, -0.05) is 36.7 Å². The van der Waals surface area contributed by atoms with E-state index in [1.165, 1.54) is 7.11 Å². The summed E-state index contributed by atoms with van der Waals surface area (Å²) in [5, 5.41) is 0.166. The molecule has 0 bridgehead atoms. The molecule has 0 saturated carbocycles. The van der Waals surface area contributed by atoms with E-state index in [-0.39, 0.29) is 11.0 Å². The Hall–Kier alpha value is -0.653. The number of ether oxygens (including phenoxy) is 1. The zero-order chi connectivity index (χ0) is 15.6. The van der Waals surface area contributed by atoms with Crippen molar-refractivity contribution in [2.75, 3.05) is 7.11 Å². The summed E-state index contributed by atoms with van der Waals surface area (Å²) in [6, 6.07) is 5.42. The largest absolute Gasteiger partial charge is 0.465 e. The molecule has 20 heavy (non-hydrogen) atoms. The summed E-state index contributed by atoms with van der Waals surface area (Å²) < 4.78 is 11.9. The molecule has 0 unspecified atom stereocenters. The highest BCUT2D eigenvalue weighted by molar-refractivity contribution is 9.10. The van der Waals surface area contributed by atoms with Gasteiger partial charge in [0.1, 0.15) is 0 Å². The molecule has 0 radical (unpaired) electrons. The van der Waals surface area contributed by atoms with Gasteiger partial charge in [-0.05, 0) is 41.9 Å². The summed E-state index contributed by atoms with van der Waals surface area (Å²) in [4.78, 5) is 11.6. The number of rotatable bonds is 4. The van der Waals surface area contributed by atoms with Crippen LogP contribution in [0, 0.1) is 0 Å². The van der Waals surface area contributed by atoms with Crippen molar-refractivity contribution < 1.29 is 14.0 Å². The maximum absolute atomic E-state index is 11.6. The van der Waals surface area contributed by atoms with Gasteiger partial charge in [-0.25, -0.2) is 4.79 Å². The van der Waals surface area contributed by atoms with Crippen molar-refractivity contribution in [1.29, 1.82) is 0 Å². The molecule has 1 rings (SSSR count). The lowest BCUT2D eigenvalue weighted by atomic mass is 10.1. The minimum Gasteiger partial charge on any atom is -0.465 e. The first-order valence-corrected chi connectivity index (χ1v) is 10.3. The Labute approximate surface area is 130 Å². The third-order valence-electron chi connectivity index (χ3n) is 3.86. The van der Waals surface area contributed by atoms with Crippen molar-refractivity contribution in [2.45, 2.75) is 45.5 Å². The molecule has 0 atom stereocenters. The van der Waals surface area contributed by atoms with Gasteiger partial charge < -0.3 is 9.16 Å². The summed E-state index contributed by atoms with van der Waals surface area (Å²) in [5.74, 6) is -0.328. The Balaban J connectivity index is 2.90. The Kier molecular flexibility index (Phi) is 5.58. The Bertz CT molecular complexity index is 492. The first-order chi connectivity index (χ1) is 9.08. The fourth-order valence-electron chi connectivity index (χ4n) is 1.40. The second-order valence-electron chi connectivity index (χ2n) is 6.35. The first-order valence-electron chi connectivity index (χ1n) is 6.59. The van der Waals surface area contributed by atoms with Gasteiger partial charge >= 0.3 is 5.97 Å². The van der Waals surface area contributed by atoms with Gasteiger partial charge in [-0.2, -0.15) is 0 Å². The molecule has 0 aromatic heterocycles. The van der Waals surface area contributed by atoms with E-state index in [0.29, 0.717) is 12.2 Å². The smallest absolute Gasteiger partial charge is 0.337 e. The van der Waals surface area contributed by atoms with Crippen LogP contribution in [0.1, 0.15) is 36.7 Å². The predicted octanol–water partition coefficient (Wildman–Crippen LogP) is 4.76. The van der Waals surface area contributed by atoms with Crippen LogP contribution in [0.15, 0.2) is 22.7 Å². The number of hydrogen-bond acceptors (Lipinski definition) is 3. The van der Waals surface area contributed by atoms with Gasteiger partial charge in [-0.3, -0.25) is 0 Å². The van der Waals surface area contributed by atoms with Crippen molar-refractivity contribution in [1.82, 2.24) is 0 Å². The highest BCUT2D eigenvalue weighted by Crippen LogP contribution is 2.37. The zero-order valence-electron chi connectivity index (χ0n) is 13.0. The number of carbonyl (C=O) groups excluding carboxylic acids is 1. The van der Waals surface area contributed by atoms with E-state index in [4.69, 9.17) is 9.16 Å². The number of benzene rings is 1. The molecule has 0 N–H and O–H groups in total. The highest BCUT2D eigenvalue weighted by atomic mass is 79.9. The normalized spacial score (nSPS) is 12.3. The van der Waals surface area contributed by atoms with Crippen LogP contribution >= 0.6 is 15.9 Å². The molecule has 112 valence electrons. The van der Waals surface area contributed by atoms with Crippen LogP contribution < -0.4 is 0 Å². The molecule has 0 aliphatic rings. The third kappa shape index (κ3) is 4.17. The summed E-state index contributed by atoms with van der Waals surface area (Å²) in [5.41, 5.74) is 1.52. The van der Waals surface area contributed by atoms with Gasteiger partial charge in [0.2, 0.25) is 0 Å². The van der Waals surface area contributed by atoms with Crippen molar-refractivity contribution in [3.8, 4) is 0 Å². The Morgan fingerprint density at radius 2 is 1.90 bits per heavy atom. The lowest BCUT2D eigenvalue weighted by Crippen LogP contribution is -2.40. The molecule has 0 fully saturated rings. The molecule has 5 heteroatoms. The second kappa shape index (κ2) is 6.41. The van der Waals surface area contributed by atoms with Gasteiger partial charge in [0.15, 0.2) is 8.32 Å². The van der Waals surface area contributed by atoms with Crippen LogP contribution in [0.3, 0.4) is 0 Å². The molecule has 0 spiro atoms. The van der Waals surface area contributed by atoms with Crippen LogP contribution in [0.4, 0.5) is 0 Å². The summed E-state index contributed by atoms with van der Waals surface area (Å²) in [6.07, 6.45) is 0. The number of halogens is 1. The van der Waals surface area contributed by atoms with Gasteiger partial charge in [0, 0.05) is 4.47 Å². The maximum atomic E-state index is 11.6. The SMILES string of the molecule is COC(=O)c1ccc(Br)c(CO[Si](C)(C)C(C)(C)C)c1. The first kappa shape index (κ1) is 17.4. The molecule has 1 aromatic carbocycles. The minimum absolute atomic E-state index is 0.166. The van der Waals surface area contributed by atoms with E-state index in [1.807, 2.05) is 12.1 Å². The van der Waals surface area contributed by atoms with E-state index in [1.54, 1.807) is 6.07 Å². The van der Waals surface area contributed by atoms with Crippen LogP contribution in [-0.2, 0) is 15.8 Å². The molecule has 1 aromatic rings. The molecular formula is C15H23BrO3Si. The molecular weight excluding hydrogens is 336 g/mol. The average molecular weight is 359 g/mol. The van der Waals surface area contributed by atoms with Gasteiger partial charge in [-0.15, -0.1) is 0 Å². The topological polar surface area (TPSA) is 35.5 Å². The summed E-state index contributed by atoms with van der Waals surface area (Å²) in [7, 11) is -0.415. The lowest BCUT2D eigenvalue weighted by Gasteiger charge is -2.36. The van der Waals surface area contributed by atoms with Crippen LogP contribution in [0.2, 0.25) is 18.1 Å². The van der Waals surface area contributed by atoms with E-state index < -0.39 is 8.32 Å². The third-order valence-corrected chi connectivity index (χ3v) is 9.11. The molecule has 0 saturated heterocycles. The van der Waals surface area contributed by atoms with E-state index in [2.05, 4.69) is 49.8 Å². The van der Waals surface area contributed by atoms with Crippen LogP contribution in [0.5, 0.6) is 0 Å². The van der Waals surface area contributed by atoms with Crippen molar-refractivity contribution >= 4 is 30.2 Å². The molecule has 0 amide bonds. The fraction of sp³-hybridized carbons (Fsp3) is 0.533. The second-order valence-corrected chi connectivity index (χ2v) is 12.0. The van der Waals surface area contributed by atoms with E-state index in [9.17, 15) is 4.79 Å². The van der Waals surface area contributed by atoms with Crippen molar-refractivity contribution in [3.05, 3.63) is 33.8 Å². The summed E-state index contributed by atoms with van der Waals surface area (Å²) in [6.45, 7) is 11.6. The van der Waals surface area contributed by atoms with E-state index >= 15 is 0 Å². The lowest BCUT2D eigenvalue weighted by molar-refractivity contribution is 0.0600. The predicted molar refractivity (Wildman–Crippen MR) is 87.5 cm³/mol. The summed E-state index contributed by atoms with van der Waals surface area (Å²) >= 11 is 3.50.